The molecule has 178 valence electrons. The Labute approximate surface area is 183 Å². The lowest BCUT2D eigenvalue weighted by atomic mass is 9.72. The van der Waals surface area contributed by atoms with Crippen LogP contribution in [0.2, 0.25) is 0 Å². The summed E-state index contributed by atoms with van der Waals surface area (Å²) in [5.41, 5.74) is -1.67. The Morgan fingerprint density at radius 3 is 2.13 bits per heavy atom. The Morgan fingerprint density at radius 1 is 0.967 bits per heavy atom. The van der Waals surface area contributed by atoms with Gasteiger partial charge in [0.05, 0.1) is 23.5 Å². The summed E-state index contributed by atoms with van der Waals surface area (Å²) >= 11 is 0. The third-order valence-corrected chi connectivity index (χ3v) is 5.39. The molecular formula is C23H45NO6. The Morgan fingerprint density at radius 2 is 1.60 bits per heavy atom. The van der Waals surface area contributed by atoms with Gasteiger partial charge in [0, 0.05) is 13.1 Å². The minimum Gasteiger partial charge on any atom is -0.465 e. The molecule has 0 fully saturated rings. The van der Waals surface area contributed by atoms with Gasteiger partial charge in [-0.15, -0.1) is 0 Å². The van der Waals surface area contributed by atoms with Gasteiger partial charge < -0.3 is 24.6 Å². The molecule has 30 heavy (non-hydrogen) atoms. The van der Waals surface area contributed by atoms with E-state index in [4.69, 9.17) is 9.47 Å². The van der Waals surface area contributed by atoms with Crippen LogP contribution >= 0.6 is 0 Å². The monoisotopic (exact) mass is 431 g/mol. The van der Waals surface area contributed by atoms with Crippen LogP contribution in [0.15, 0.2) is 0 Å². The molecule has 0 aromatic rings. The lowest BCUT2D eigenvalue weighted by Gasteiger charge is -2.34. The molecule has 0 aliphatic rings. The highest BCUT2D eigenvalue weighted by Gasteiger charge is 2.43. The molecule has 0 saturated heterocycles. The second-order valence-corrected chi connectivity index (χ2v) is 9.49. The van der Waals surface area contributed by atoms with Crippen molar-refractivity contribution in [3.05, 3.63) is 0 Å². The summed E-state index contributed by atoms with van der Waals surface area (Å²) in [6, 6.07) is 0. The maximum atomic E-state index is 12.7. The van der Waals surface area contributed by atoms with Gasteiger partial charge in [-0.25, -0.2) is 0 Å². The molecule has 0 aromatic carbocycles. The molecule has 0 heterocycles. The van der Waals surface area contributed by atoms with Crippen LogP contribution in [0.5, 0.6) is 0 Å². The Hall–Kier alpha value is -1.18. The van der Waals surface area contributed by atoms with Gasteiger partial charge in [0.15, 0.2) is 0 Å². The van der Waals surface area contributed by atoms with E-state index in [1.165, 1.54) is 0 Å². The molecule has 0 aliphatic carbocycles. The van der Waals surface area contributed by atoms with Gasteiger partial charge in [-0.1, -0.05) is 33.1 Å². The SMILES string of the molecule is CCCCCCOC(=O)C(C)(CC)CC(C)(C)C(=O)OCC(O)CN(C)CC(C)O. The van der Waals surface area contributed by atoms with E-state index in [1.807, 2.05) is 13.8 Å². The van der Waals surface area contributed by atoms with Crippen molar-refractivity contribution in [1.29, 1.82) is 0 Å². The van der Waals surface area contributed by atoms with Gasteiger partial charge in [-0.05, 0) is 54.0 Å². The second kappa shape index (κ2) is 14.0. The van der Waals surface area contributed by atoms with E-state index in [-0.39, 0.29) is 19.1 Å². The van der Waals surface area contributed by atoms with Gasteiger partial charge in [0.2, 0.25) is 0 Å². The topological polar surface area (TPSA) is 96.3 Å². The molecule has 0 bridgehead atoms. The van der Waals surface area contributed by atoms with Crippen molar-refractivity contribution in [1.82, 2.24) is 4.90 Å². The number of carbonyl (C=O) groups is 2. The van der Waals surface area contributed by atoms with Crippen LogP contribution in [-0.2, 0) is 19.1 Å². The molecule has 0 radical (unpaired) electrons. The summed E-state index contributed by atoms with van der Waals surface area (Å²) in [6.45, 7) is 12.1. The van der Waals surface area contributed by atoms with E-state index in [2.05, 4.69) is 6.92 Å². The molecule has 0 rings (SSSR count). The number of esters is 2. The van der Waals surface area contributed by atoms with Crippen molar-refractivity contribution in [2.75, 3.05) is 33.4 Å². The van der Waals surface area contributed by atoms with Crippen LogP contribution in [0.25, 0.3) is 0 Å². The average Bonchev–Trinajstić information content (AvgIpc) is 2.64. The van der Waals surface area contributed by atoms with Crippen LogP contribution < -0.4 is 0 Å². The Balaban J connectivity index is 4.67. The lowest BCUT2D eigenvalue weighted by Crippen LogP contribution is -2.40. The molecule has 0 saturated carbocycles. The summed E-state index contributed by atoms with van der Waals surface area (Å²) < 4.78 is 10.8. The maximum absolute atomic E-state index is 12.7. The van der Waals surface area contributed by atoms with E-state index in [1.54, 1.807) is 32.7 Å². The first-order valence-corrected chi connectivity index (χ1v) is 11.3. The van der Waals surface area contributed by atoms with E-state index in [0.717, 1.165) is 25.7 Å². The molecule has 7 nitrogen and oxygen atoms in total. The van der Waals surface area contributed by atoms with Crippen LogP contribution in [-0.4, -0.2) is 72.6 Å². The molecule has 0 aromatic heterocycles. The van der Waals surface area contributed by atoms with Crippen molar-refractivity contribution in [2.45, 2.75) is 92.3 Å². The minimum atomic E-state index is -0.892. The third kappa shape index (κ3) is 11.3. The number of carbonyl (C=O) groups excluding carboxylic acids is 2. The van der Waals surface area contributed by atoms with E-state index in [9.17, 15) is 19.8 Å². The normalized spacial score (nSPS) is 16.1. The first kappa shape index (κ1) is 28.8. The van der Waals surface area contributed by atoms with E-state index in [0.29, 0.717) is 26.0 Å². The summed E-state index contributed by atoms with van der Waals surface area (Å²) in [5.74, 6) is -0.725. The van der Waals surface area contributed by atoms with E-state index >= 15 is 0 Å². The largest absolute Gasteiger partial charge is 0.465 e. The second-order valence-electron chi connectivity index (χ2n) is 9.49. The molecule has 2 N–H and O–H groups in total. The minimum absolute atomic E-state index is 0.128. The Bertz CT molecular complexity index is 508. The fourth-order valence-electron chi connectivity index (χ4n) is 3.56. The number of rotatable bonds is 16. The summed E-state index contributed by atoms with van der Waals surface area (Å²) in [6.07, 6.45) is 3.67. The fourth-order valence-corrected chi connectivity index (χ4v) is 3.56. The first-order valence-electron chi connectivity index (χ1n) is 11.3. The lowest BCUT2D eigenvalue weighted by molar-refractivity contribution is -0.165. The Kier molecular flexibility index (Phi) is 13.4. The first-order chi connectivity index (χ1) is 13.9. The maximum Gasteiger partial charge on any atom is 0.311 e. The number of hydrogen-bond acceptors (Lipinski definition) is 7. The number of likely N-dealkylation sites (N-methyl/N-ethyl adjacent to an activating group) is 1. The van der Waals surface area contributed by atoms with Gasteiger partial charge in [-0.2, -0.15) is 0 Å². The van der Waals surface area contributed by atoms with Crippen molar-refractivity contribution in [3.8, 4) is 0 Å². The van der Waals surface area contributed by atoms with Gasteiger partial charge in [0.25, 0.3) is 0 Å². The third-order valence-electron chi connectivity index (χ3n) is 5.39. The summed E-state index contributed by atoms with van der Waals surface area (Å²) in [5, 5.41) is 19.5. The molecule has 0 amide bonds. The number of aliphatic hydroxyl groups excluding tert-OH is 2. The highest BCUT2D eigenvalue weighted by molar-refractivity contribution is 5.80. The number of hydrogen-bond donors (Lipinski definition) is 2. The fraction of sp³-hybridized carbons (Fsp3) is 0.913. The molecule has 7 heteroatoms. The predicted octanol–water partition coefficient (Wildman–Crippen LogP) is 3.16. The summed E-state index contributed by atoms with van der Waals surface area (Å²) in [4.78, 5) is 27.1. The van der Waals surface area contributed by atoms with Crippen molar-refractivity contribution >= 4 is 11.9 Å². The van der Waals surface area contributed by atoms with Crippen molar-refractivity contribution in [2.24, 2.45) is 10.8 Å². The smallest absolute Gasteiger partial charge is 0.311 e. The molecule has 0 aliphatic heterocycles. The number of aliphatic hydroxyl groups is 2. The number of nitrogens with zero attached hydrogens (tertiary/aromatic N) is 1. The van der Waals surface area contributed by atoms with Crippen molar-refractivity contribution < 1.29 is 29.3 Å². The van der Waals surface area contributed by atoms with Crippen LogP contribution in [0.4, 0.5) is 0 Å². The predicted molar refractivity (Wildman–Crippen MR) is 118 cm³/mol. The van der Waals surface area contributed by atoms with Crippen LogP contribution in [0.3, 0.4) is 0 Å². The standard InChI is InChI=1S/C23H45NO6/c1-8-10-11-12-13-29-21(28)23(6,9-2)17-22(4,5)20(27)30-16-19(26)15-24(7)14-18(3)25/h18-19,25-26H,8-17H2,1-7H3. The zero-order valence-electron chi connectivity index (χ0n) is 20.2. The average molecular weight is 432 g/mol. The van der Waals surface area contributed by atoms with Crippen LogP contribution in [0.1, 0.15) is 80.1 Å². The van der Waals surface area contributed by atoms with Gasteiger partial charge >= 0.3 is 11.9 Å². The molecule has 0 spiro atoms. The van der Waals surface area contributed by atoms with Crippen molar-refractivity contribution in [3.63, 3.8) is 0 Å². The van der Waals surface area contributed by atoms with Gasteiger partial charge in [-0.3, -0.25) is 9.59 Å². The summed E-state index contributed by atoms with van der Waals surface area (Å²) in [7, 11) is 1.78. The quantitative estimate of drug-likeness (QED) is 0.286. The molecule has 3 unspecified atom stereocenters. The number of unbranched alkanes of at least 4 members (excludes halogenated alkanes) is 3. The molecule has 3 atom stereocenters. The zero-order valence-corrected chi connectivity index (χ0v) is 20.2. The molecular weight excluding hydrogens is 386 g/mol. The number of ether oxygens (including phenoxy) is 2. The highest BCUT2D eigenvalue weighted by atomic mass is 16.5. The van der Waals surface area contributed by atoms with Crippen LogP contribution in [0, 0.1) is 10.8 Å². The highest BCUT2D eigenvalue weighted by Crippen LogP contribution is 2.38. The van der Waals surface area contributed by atoms with E-state index < -0.39 is 29.0 Å². The zero-order chi connectivity index (χ0) is 23.4. The van der Waals surface area contributed by atoms with Gasteiger partial charge in [0.1, 0.15) is 12.7 Å².